The lowest BCUT2D eigenvalue weighted by Gasteiger charge is -2.02. The van der Waals surface area contributed by atoms with Gasteiger partial charge >= 0.3 is 12.0 Å². The van der Waals surface area contributed by atoms with Gasteiger partial charge in [-0.05, 0) is 6.92 Å². The molecule has 64 valence electrons. The van der Waals surface area contributed by atoms with Crippen molar-refractivity contribution in [3.05, 3.63) is 0 Å². The SMILES string of the molecule is CCOC(=O)CNC(=O)NO. The van der Waals surface area contributed by atoms with E-state index in [1.54, 1.807) is 6.92 Å². The first-order chi connectivity index (χ1) is 5.20. The van der Waals surface area contributed by atoms with Gasteiger partial charge in [-0.15, -0.1) is 0 Å². The zero-order chi connectivity index (χ0) is 8.69. The first kappa shape index (κ1) is 9.70. The van der Waals surface area contributed by atoms with E-state index in [0.717, 1.165) is 0 Å². The summed E-state index contributed by atoms with van der Waals surface area (Å²) in [5, 5.41) is 10.0. The topological polar surface area (TPSA) is 87.7 Å². The van der Waals surface area contributed by atoms with Crippen molar-refractivity contribution < 1.29 is 19.5 Å². The minimum Gasteiger partial charge on any atom is -0.465 e. The van der Waals surface area contributed by atoms with Gasteiger partial charge < -0.3 is 10.1 Å². The zero-order valence-corrected chi connectivity index (χ0v) is 6.09. The number of carbonyl (C=O) groups is 2. The molecule has 3 N–H and O–H groups in total. The van der Waals surface area contributed by atoms with Gasteiger partial charge in [0.25, 0.3) is 0 Å². The van der Waals surface area contributed by atoms with E-state index in [0.29, 0.717) is 0 Å². The van der Waals surface area contributed by atoms with Gasteiger partial charge in [0.05, 0.1) is 6.61 Å². The molecule has 0 saturated carbocycles. The van der Waals surface area contributed by atoms with Crippen LogP contribution in [0.25, 0.3) is 0 Å². The van der Waals surface area contributed by atoms with Crippen LogP contribution in [-0.2, 0) is 9.53 Å². The van der Waals surface area contributed by atoms with E-state index < -0.39 is 12.0 Å². The summed E-state index contributed by atoms with van der Waals surface area (Å²) in [6, 6.07) is -0.835. The number of nitrogens with one attached hydrogen (secondary N) is 2. The van der Waals surface area contributed by atoms with Crippen LogP contribution in [0.2, 0.25) is 0 Å². The molecule has 0 radical (unpaired) electrons. The minimum atomic E-state index is -0.835. The van der Waals surface area contributed by atoms with Gasteiger partial charge in [-0.2, -0.15) is 0 Å². The quantitative estimate of drug-likeness (QED) is 0.289. The van der Waals surface area contributed by atoms with Gasteiger partial charge in [0.1, 0.15) is 6.54 Å². The van der Waals surface area contributed by atoms with E-state index in [9.17, 15) is 9.59 Å². The van der Waals surface area contributed by atoms with E-state index in [4.69, 9.17) is 5.21 Å². The molecule has 0 aromatic heterocycles. The summed E-state index contributed by atoms with van der Waals surface area (Å²) < 4.78 is 4.47. The smallest absolute Gasteiger partial charge is 0.339 e. The first-order valence-corrected chi connectivity index (χ1v) is 3.04. The third kappa shape index (κ3) is 5.16. The van der Waals surface area contributed by atoms with E-state index in [1.807, 2.05) is 5.32 Å². The maximum absolute atomic E-state index is 10.5. The fraction of sp³-hybridized carbons (Fsp3) is 0.600. The van der Waals surface area contributed by atoms with Crippen molar-refractivity contribution in [2.24, 2.45) is 0 Å². The number of rotatable bonds is 3. The van der Waals surface area contributed by atoms with Crippen molar-refractivity contribution >= 4 is 12.0 Å². The lowest BCUT2D eigenvalue weighted by molar-refractivity contribution is -0.141. The van der Waals surface area contributed by atoms with Crippen LogP contribution in [0, 0.1) is 0 Å². The third-order valence-electron chi connectivity index (χ3n) is 0.800. The fourth-order valence-corrected chi connectivity index (χ4v) is 0.404. The standard InChI is InChI=1S/C5H10N2O4/c1-2-11-4(8)3-6-5(9)7-10/h10H,2-3H2,1H3,(H2,6,7,9). The highest BCUT2D eigenvalue weighted by molar-refractivity contribution is 5.79. The number of hydroxylamine groups is 1. The molecule has 2 amide bonds. The number of urea groups is 1. The number of hydrogen-bond acceptors (Lipinski definition) is 4. The van der Waals surface area contributed by atoms with Gasteiger partial charge in [0, 0.05) is 0 Å². The van der Waals surface area contributed by atoms with Crippen molar-refractivity contribution in [2.75, 3.05) is 13.2 Å². The van der Waals surface area contributed by atoms with Crippen LogP contribution < -0.4 is 10.8 Å². The van der Waals surface area contributed by atoms with Crippen molar-refractivity contribution in [3.8, 4) is 0 Å². The summed E-state index contributed by atoms with van der Waals surface area (Å²) in [5.74, 6) is -0.545. The van der Waals surface area contributed by atoms with Crippen molar-refractivity contribution in [3.63, 3.8) is 0 Å². The Morgan fingerprint density at radius 3 is 2.64 bits per heavy atom. The number of hydrogen-bond donors (Lipinski definition) is 3. The second-order valence-corrected chi connectivity index (χ2v) is 1.60. The highest BCUT2D eigenvalue weighted by Gasteiger charge is 2.02. The predicted molar refractivity (Wildman–Crippen MR) is 35.0 cm³/mol. The normalized spacial score (nSPS) is 8.55. The molecule has 0 heterocycles. The molecule has 0 rings (SSSR count). The summed E-state index contributed by atoms with van der Waals surface area (Å²) in [4.78, 5) is 20.8. The molecular formula is C5H10N2O4. The molecular weight excluding hydrogens is 152 g/mol. The summed E-state index contributed by atoms with van der Waals surface area (Å²) in [5.41, 5.74) is 1.30. The zero-order valence-electron chi connectivity index (χ0n) is 6.09. The summed E-state index contributed by atoms with van der Waals surface area (Å²) in [7, 11) is 0. The minimum absolute atomic E-state index is 0.250. The average molecular weight is 162 g/mol. The van der Waals surface area contributed by atoms with Crippen LogP contribution in [0.4, 0.5) is 4.79 Å². The fourth-order valence-electron chi connectivity index (χ4n) is 0.404. The first-order valence-electron chi connectivity index (χ1n) is 3.04. The Hall–Kier alpha value is -1.30. The average Bonchev–Trinajstić information content (AvgIpc) is 2.01. The lowest BCUT2D eigenvalue weighted by Crippen LogP contribution is -2.37. The van der Waals surface area contributed by atoms with Gasteiger partial charge in [-0.3, -0.25) is 10.0 Å². The molecule has 0 spiro atoms. The Bertz CT molecular complexity index is 147. The van der Waals surface area contributed by atoms with Crippen molar-refractivity contribution in [1.82, 2.24) is 10.8 Å². The number of carbonyl (C=O) groups excluding carboxylic acids is 2. The van der Waals surface area contributed by atoms with Gasteiger partial charge in [-0.1, -0.05) is 0 Å². The molecule has 0 aliphatic rings. The van der Waals surface area contributed by atoms with E-state index in [-0.39, 0.29) is 13.2 Å². The van der Waals surface area contributed by atoms with Crippen molar-refractivity contribution in [1.29, 1.82) is 0 Å². The second kappa shape index (κ2) is 5.48. The molecule has 6 nitrogen and oxygen atoms in total. The molecule has 0 aliphatic carbocycles. The maximum atomic E-state index is 10.5. The third-order valence-corrected chi connectivity index (χ3v) is 0.800. The second-order valence-electron chi connectivity index (χ2n) is 1.60. The Balaban J connectivity index is 3.38. The van der Waals surface area contributed by atoms with Crippen LogP contribution in [0.15, 0.2) is 0 Å². The van der Waals surface area contributed by atoms with Crippen LogP contribution in [0.5, 0.6) is 0 Å². The van der Waals surface area contributed by atoms with E-state index >= 15 is 0 Å². The molecule has 6 heteroatoms. The highest BCUT2D eigenvalue weighted by Crippen LogP contribution is 1.74. The number of amides is 2. The largest absolute Gasteiger partial charge is 0.465 e. The van der Waals surface area contributed by atoms with Gasteiger partial charge in [0.2, 0.25) is 0 Å². The molecule has 0 aliphatic heterocycles. The lowest BCUT2D eigenvalue weighted by atomic mass is 10.6. The Morgan fingerprint density at radius 2 is 2.18 bits per heavy atom. The number of ether oxygens (including phenoxy) is 1. The molecule has 11 heavy (non-hydrogen) atoms. The van der Waals surface area contributed by atoms with Gasteiger partial charge in [-0.25, -0.2) is 10.3 Å². The van der Waals surface area contributed by atoms with Crippen LogP contribution in [0.3, 0.4) is 0 Å². The van der Waals surface area contributed by atoms with Crippen molar-refractivity contribution in [2.45, 2.75) is 6.92 Å². The molecule has 0 fully saturated rings. The summed E-state index contributed by atoms with van der Waals surface area (Å²) in [6.45, 7) is 1.67. The Morgan fingerprint density at radius 1 is 1.55 bits per heavy atom. The van der Waals surface area contributed by atoms with E-state index in [1.165, 1.54) is 5.48 Å². The van der Waals surface area contributed by atoms with Crippen LogP contribution in [0.1, 0.15) is 6.92 Å². The highest BCUT2D eigenvalue weighted by atomic mass is 16.5. The molecule has 0 unspecified atom stereocenters. The number of esters is 1. The molecule has 0 aromatic carbocycles. The molecule has 0 aromatic rings. The molecule has 0 atom stereocenters. The monoisotopic (exact) mass is 162 g/mol. The maximum Gasteiger partial charge on any atom is 0.339 e. The van der Waals surface area contributed by atoms with Gasteiger partial charge in [0.15, 0.2) is 0 Å². The van der Waals surface area contributed by atoms with Crippen LogP contribution in [-0.4, -0.2) is 30.4 Å². The van der Waals surface area contributed by atoms with Crippen LogP contribution >= 0.6 is 0 Å². The Kier molecular flexibility index (Phi) is 4.83. The molecule has 0 bridgehead atoms. The summed E-state index contributed by atoms with van der Waals surface area (Å²) in [6.07, 6.45) is 0. The van der Waals surface area contributed by atoms with E-state index in [2.05, 4.69) is 4.74 Å². The Labute approximate surface area is 63.5 Å². The summed E-state index contributed by atoms with van der Waals surface area (Å²) >= 11 is 0. The molecule has 0 saturated heterocycles. The predicted octanol–water partition coefficient (Wildman–Crippen LogP) is -0.762.